The van der Waals surface area contributed by atoms with Gasteiger partial charge in [0.05, 0.1) is 18.1 Å². The molecule has 0 fully saturated rings. The quantitative estimate of drug-likeness (QED) is 0.917. The number of nitrogens with zero attached hydrogens (tertiary/aromatic N) is 2. The Kier molecular flexibility index (Phi) is 4.00. The van der Waals surface area contributed by atoms with Gasteiger partial charge in [0.1, 0.15) is 5.82 Å². The first-order chi connectivity index (χ1) is 9.04. The highest BCUT2D eigenvalue weighted by Crippen LogP contribution is 2.24. The summed E-state index contributed by atoms with van der Waals surface area (Å²) in [6.45, 7) is 5.83. The monoisotopic (exact) mass is 261 g/mol. The standard InChI is InChI=1S/C15H20FN3/c1-4-14(17)15-8-18-9-19(15)11(3)12-6-5-10(2)13(16)7-12/h5-9,11,14H,4,17H2,1-3H3/t11?,14-/m1/s1. The Morgan fingerprint density at radius 3 is 2.79 bits per heavy atom. The number of imidazole rings is 1. The van der Waals surface area contributed by atoms with Gasteiger partial charge in [-0.2, -0.15) is 0 Å². The largest absolute Gasteiger partial charge is 0.326 e. The Balaban J connectivity index is 2.36. The average molecular weight is 261 g/mol. The van der Waals surface area contributed by atoms with Crippen molar-refractivity contribution in [2.24, 2.45) is 5.73 Å². The molecule has 1 aromatic carbocycles. The van der Waals surface area contributed by atoms with E-state index in [4.69, 9.17) is 5.73 Å². The number of halogens is 1. The molecule has 0 amide bonds. The number of rotatable bonds is 4. The molecule has 0 bridgehead atoms. The summed E-state index contributed by atoms with van der Waals surface area (Å²) < 4.78 is 15.7. The lowest BCUT2D eigenvalue weighted by Gasteiger charge is -2.20. The van der Waals surface area contributed by atoms with Crippen LogP contribution in [-0.4, -0.2) is 9.55 Å². The molecule has 102 valence electrons. The van der Waals surface area contributed by atoms with E-state index in [1.54, 1.807) is 31.6 Å². The molecule has 2 rings (SSSR count). The van der Waals surface area contributed by atoms with Crippen molar-refractivity contribution in [2.45, 2.75) is 39.3 Å². The van der Waals surface area contributed by atoms with Crippen molar-refractivity contribution in [1.82, 2.24) is 9.55 Å². The predicted octanol–water partition coefficient (Wildman–Crippen LogP) is 3.35. The van der Waals surface area contributed by atoms with Crippen LogP contribution in [-0.2, 0) is 0 Å². The lowest BCUT2D eigenvalue weighted by molar-refractivity contribution is 0.551. The van der Waals surface area contributed by atoms with E-state index in [9.17, 15) is 4.39 Å². The molecule has 2 aromatic rings. The van der Waals surface area contributed by atoms with Crippen LogP contribution >= 0.6 is 0 Å². The second-order valence-corrected chi connectivity index (χ2v) is 4.93. The SMILES string of the molecule is CC[C@@H](N)c1cncn1C(C)c1ccc(C)c(F)c1. The summed E-state index contributed by atoms with van der Waals surface area (Å²) in [7, 11) is 0. The Bertz CT molecular complexity index is 562. The van der Waals surface area contributed by atoms with Crippen molar-refractivity contribution in [3.05, 3.63) is 53.4 Å². The summed E-state index contributed by atoms with van der Waals surface area (Å²) in [5, 5.41) is 0. The lowest BCUT2D eigenvalue weighted by Crippen LogP contribution is -2.17. The minimum atomic E-state index is -0.175. The van der Waals surface area contributed by atoms with Crippen LogP contribution in [0.4, 0.5) is 4.39 Å². The molecule has 0 aliphatic carbocycles. The predicted molar refractivity (Wildman–Crippen MR) is 74.4 cm³/mol. The maximum absolute atomic E-state index is 13.7. The van der Waals surface area contributed by atoms with Crippen LogP contribution in [0, 0.1) is 12.7 Å². The number of aromatic nitrogens is 2. The lowest BCUT2D eigenvalue weighted by atomic mass is 10.0. The third kappa shape index (κ3) is 2.68. The van der Waals surface area contributed by atoms with Crippen molar-refractivity contribution >= 4 is 0 Å². The van der Waals surface area contributed by atoms with Crippen LogP contribution < -0.4 is 5.73 Å². The summed E-state index contributed by atoms with van der Waals surface area (Å²) in [6.07, 6.45) is 4.39. The molecule has 0 aliphatic heterocycles. The van der Waals surface area contributed by atoms with Gasteiger partial charge in [-0.3, -0.25) is 0 Å². The zero-order valence-electron chi connectivity index (χ0n) is 11.6. The highest BCUT2D eigenvalue weighted by molar-refractivity contribution is 5.27. The van der Waals surface area contributed by atoms with E-state index in [0.29, 0.717) is 5.56 Å². The fourth-order valence-electron chi connectivity index (χ4n) is 2.16. The molecule has 0 saturated heterocycles. The normalized spacial score (nSPS) is 14.4. The average Bonchev–Trinajstić information content (AvgIpc) is 2.89. The highest BCUT2D eigenvalue weighted by atomic mass is 19.1. The van der Waals surface area contributed by atoms with Crippen molar-refractivity contribution in [3.63, 3.8) is 0 Å². The summed E-state index contributed by atoms with van der Waals surface area (Å²) in [5.74, 6) is -0.175. The van der Waals surface area contributed by atoms with Crippen LogP contribution in [0.15, 0.2) is 30.7 Å². The van der Waals surface area contributed by atoms with Gasteiger partial charge in [0.25, 0.3) is 0 Å². The first-order valence-corrected chi connectivity index (χ1v) is 6.58. The van der Waals surface area contributed by atoms with Gasteiger partial charge in [-0.05, 0) is 37.5 Å². The molecule has 2 N–H and O–H groups in total. The van der Waals surface area contributed by atoms with Gasteiger partial charge >= 0.3 is 0 Å². The second kappa shape index (κ2) is 5.53. The smallest absolute Gasteiger partial charge is 0.126 e. The zero-order valence-corrected chi connectivity index (χ0v) is 11.6. The molecule has 4 heteroatoms. The van der Waals surface area contributed by atoms with Gasteiger partial charge < -0.3 is 10.3 Å². The van der Waals surface area contributed by atoms with E-state index in [1.165, 1.54) is 0 Å². The van der Waals surface area contributed by atoms with E-state index in [1.807, 2.05) is 24.5 Å². The number of aryl methyl sites for hydroxylation is 1. The molecular weight excluding hydrogens is 241 g/mol. The van der Waals surface area contributed by atoms with Crippen molar-refractivity contribution < 1.29 is 4.39 Å². The van der Waals surface area contributed by atoms with E-state index >= 15 is 0 Å². The molecule has 3 nitrogen and oxygen atoms in total. The minimum Gasteiger partial charge on any atom is -0.326 e. The van der Waals surface area contributed by atoms with Crippen LogP contribution in [0.1, 0.15) is 49.2 Å². The van der Waals surface area contributed by atoms with Gasteiger partial charge in [-0.25, -0.2) is 9.37 Å². The summed E-state index contributed by atoms with van der Waals surface area (Å²) in [5.41, 5.74) is 8.64. The number of benzene rings is 1. The first-order valence-electron chi connectivity index (χ1n) is 6.58. The molecule has 0 saturated carbocycles. The van der Waals surface area contributed by atoms with Crippen LogP contribution in [0.3, 0.4) is 0 Å². The van der Waals surface area contributed by atoms with Gasteiger partial charge in [-0.15, -0.1) is 0 Å². The molecular formula is C15H20FN3. The number of hydrogen-bond acceptors (Lipinski definition) is 2. The summed E-state index contributed by atoms with van der Waals surface area (Å²) in [4.78, 5) is 4.17. The Hall–Kier alpha value is -1.68. The fraction of sp³-hybridized carbons (Fsp3) is 0.400. The Labute approximate surface area is 113 Å². The maximum atomic E-state index is 13.7. The van der Waals surface area contributed by atoms with Gasteiger partial charge in [0.2, 0.25) is 0 Å². The summed E-state index contributed by atoms with van der Waals surface area (Å²) in [6, 6.07) is 5.31. The molecule has 19 heavy (non-hydrogen) atoms. The number of hydrogen-bond donors (Lipinski definition) is 1. The van der Waals surface area contributed by atoms with E-state index in [-0.39, 0.29) is 17.9 Å². The molecule has 1 aromatic heterocycles. The highest BCUT2D eigenvalue weighted by Gasteiger charge is 2.16. The molecule has 0 spiro atoms. The van der Waals surface area contributed by atoms with E-state index in [0.717, 1.165) is 17.7 Å². The topological polar surface area (TPSA) is 43.8 Å². The zero-order chi connectivity index (χ0) is 14.0. The molecule has 0 aliphatic rings. The van der Waals surface area contributed by atoms with Crippen molar-refractivity contribution in [2.75, 3.05) is 0 Å². The van der Waals surface area contributed by atoms with Gasteiger partial charge in [0, 0.05) is 12.2 Å². The third-order valence-corrected chi connectivity index (χ3v) is 3.61. The Morgan fingerprint density at radius 1 is 1.42 bits per heavy atom. The minimum absolute atomic E-state index is 0.0187. The Morgan fingerprint density at radius 2 is 2.16 bits per heavy atom. The number of nitrogens with two attached hydrogens (primary N) is 1. The van der Waals surface area contributed by atoms with E-state index < -0.39 is 0 Å². The third-order valence-electron chi connectivity index (χ3n) is 3.61. The first kappa shape index (κ1) is 13.7. The van der Waals surface area contributed by atoms with Crippen LogP contribution in [0.2, 0.25) is 0 Å². The van der Waals surface area contributed by atoms with Crippen molar-refractivity contribution in [3.8, 4) is 0 Å². The van der Waals surface area contributed by atoms with Gasteiger partial charge in [-0.1, -0.05) is 19.1 Å². The molecule has 1 heterocycles. The van der Waals surface area contributed by atoms with Crippen LogP contribution in [0.5, 0.6) is 0 Å². The van der Waals surface area contributed by atoms with Gasteiger partial charge in [0.15, 0.2) is 0 Å². The fourth-order valence-corrected chi connectivity index (χ4v) is 2.16. The second-order valence-electron chi connectivity index (χ2n) is 4.93. The van der Waals surface area contributed by atoms with E-state index in [2.05, 4.69) is 4.98 Å². The maximum Gasteiger partial charge on any atom is 0.126 e. The molecule has 2 atom stereocenters. The van der Waals surface area contributed by atoms with Crippen molar-refractivity contribution in [1.29, 1.82) is 0 Å². The molecule has 0 radical (unpaired) electrons. The molecule has 1 unspecified atom stereocenters. The van der Waals surface area contributed by atoms with Crippen LogP contribution in [0.25, 0.3) is 0 Å². The summed E-state index contributed by atoms with van der Waals surface area (Å²) >= 11 is 0.